The summed E-state index contributed by atoms with van der Waals surface area (Å²) in [6.07, 6.45) is 0.724. The van der Waals surface area contributed by atoms with Gasteiger partial charge in [0.15, 0.2) is 11.0 Å². The number of amides is 1. The van der Waals surface area contributed by atoms with Crippen molar-refractivity contribution in [1.29, 1.82) is 0 Å². The Morgan fingerprint density at radius 1 is 1.64 bits per heavy atom. The van der Waals surface area contributed by atoms with Crippen LogP contribution >= 0.6 is 23.2 Å². The molecule has 0 spiro atoms. The summed E-state index contributed by atoms with van der Waals surface area (Å²) in [6, 6.07) is 3.06. The van der Waals surface area contributed by atoms with Crippen molar-refractivity contribution in [3.05, 3.63) is 23.1 Å². The van der Waals surface area contributed by atoms with Gasteiger partial charge in [0.25, 0.3) is 5.91 Å². The second-order valence-corrected chi connectivity index (χ2v) is 4.05. The van der Waals surface area contributed by atoms with Gasteiger partial charge < -0.3 is 9.73 Å². The molecule has 0 radical (unpaired) electrons. The molecule has 5 heteroatoms. The van der Waals surface area contributed by atoms with E-state index in [4.69, 9.17) is 27.6 Å². The third-order valence-electron chi connectivity index (χ3n) is 1.62. The molecule has 1 aromatic heterocycles. The number of halogens is 2. The Kier molecular flexibility index (Phi) is 4.29. The summed E-state index contributed by atoms with van der Waals surface area (Å²) in [5.74, 6) is -0.0496. The summed E-state index contributed by atoms with van der Waals surface area (Å²) in [4.78, 5) is 11.3. The average molecular weight is 236 g/mol. The van der Waals surface area contributed by atoms with E-state index in [1.807, 2.05) is 6.92 Å². The third-order valence-corrected chi connectivity index (χ3v) is 2.05. The van der Waals surface area contributed by atoms with Gasteiger partial charge in [0.05, 0.1) is 0 Å². The van der Waals surface area contributed by atoms with Gasteiger partial charge in [0.2, 0.25) is 0 Å². The van der Waals surface area contributed by atoms with Crippen molar-refractivity contribution in [2.75, 3.05) is 6.54 Å². The van der Waals surface area contributed by atoms with E-state index in [-0.39, 0.29) is 22.3 Å². The maximum absolute atomic E-state index is 11.3. The van der Waals surface area contributed by atoms with Gasteiger partial charge in [-0.05, 0) is 37.1 Å². The number of hydrogen-bond acceptors (Lipinski definition) is 2. The van der Waals surface area contributed by atoms with Gasteiger partial charge in [-0.2, -0.15) is 0 Å². The molecule has 0 aromatic carbocycles. The molecule has 1 heterocycles. The molecular weight excluding hydrogens is 225 g/mol. The zero-order valence-electron chi connectivity index (χ0n) is 7.72. The van der Waals surface area contributed by atoms with Crippen molar-refractivity contribution in [3.8, 4) is 0 Å². The van der Waals surface area contributed by atoms with Crippen molar-refractivity contribution in [3.63, 3.8) is 0 Å². The number of carbonyl (C=O) groups is 1. The van der Waals surface area contributed by atoms with Crippen molar-refractivity contribution < 1.29 is 9.21 Å². The molecular formula is C9H11Cl2NO2. The van der Waals surface area contributed by atoms with E-state index < -0.39 is 0 Å². The average Bonchev–Trinajstić information content (AvgIpc) is 2.51. The normalized spacial score (nSPS) is 12.5. The van der Waals surface area contributed by atoms with Crippen LogP contribution in [-0.2, 0) is 0 Å². The first-order valence-corrected chi connectivity index (χ1v) is 5.08. The first-order valence-electron chi connectivity index (χ1n) is 4.27. The van der Waals surface area contributed by atoms with Gasteiger partial charge in [-0.25, -0.2) is 0 Å². The minimum atomic E-state index is -0.269. The fourth-order valence-corrected chi connectivity index (χ4v) is 1.16. The molecule has 1 N–H and O–H groups in total. The second kappa shape index (κ2) is 5.27. The molecule has 1 amide bonds. The quantitative estimate of drug-likeness (QED) is 0.816. The van der Waals surface area contributed by atoms with Crippen LogP contribution in [0.4, 0.5) is 0 Å². The fourth-order valence-electron chi connectivity index (χ4n) is 0.908. The number of hydrogen-bond donors (Lipinski definition) is 1. The number of carbonyl (C=O) groups excluding carboxylic acids is 1. The largest absolute Gasteiger partial charge is 0.440 e. The molecule has 1 unspecified atom stereocenters. The van der Waals surface area contributed by atoms with E-state index >= 15 is 0 Å². The Morgan fingerprint density at radius 2 is 2.36 bits per heavy atom. The molecule has 0 saturated carbocycles. The molecule has 3 nitrogen and oxygen atoms in total. The summed E-state index contributed by atoms with van der Waals surface area (Å²) in [5, 5.41) is 2.93. The van der Waals surface area contributed by atoms with Crippen molar-refractivity contribution >= 4 is 29.1 Å². The summed E-state index contributed by atoms with van der Waals surface area (Å²) in [5.41, 5.74) is 0. The maximum Gasteiger partial charge on any atom is 0.287 e. The molecule has 14 heavy (non-hydrogen) atoms. The number of nitrogens with one attached hydrogen (secondary N) is 1. The molecule has 0 aliphatic heterocycles. The van der Waals surface area contributed by atoms with E-state index in [2.05, 4.69) is 5.32 Å². The lowest BCUT2D eigenvalue weighted by Crippen LogP contribution is -2.25. The van der Waals surface area contributed by atoms with E-state index in [1.165, 1.54) is 12.1 Å². The van der Waals surface area contributed by atoms with E-state index in [9.17, 15) is 4.79 Å². The van der Waals surface area contributed by atoms with Crippen LogP contribution < -0.4 is 5.32 Å². The molecule has 0 aliphatic rings. The van der Waals surface area contributed by atoms with Crippen LogP contribution in [0.2, 0.25) is 5.22 Å². The second-order valence-electron chi connectivity index (χ2n) is 2.93. The van der Waals surface area contributed by atoms with Gasteiger partial charge in [-0.3, -0.25) is 4.79 Å². The molecule has 1 rings (SSSR count). The zero-order valence-corrected chi connectivity index (χ0v) is 9.23. The SMILES string of the molecule is CC(Cl)CCNC(=O)c1ccc(Cl)o1. The van der Waals surface area contributed by atoms with E-state index in [0.29, 0.717) is 6.54 Å². The topological polar surface area (TPSA) is 42.2 Å². The Hall–Kier alpha value is -0.670. The molecule has 78 valence electrons. The lowest BCUT2D eigenvalue weighted by Gasteiger charge is -2.03. The Balaban J connectivity index is 2.36. The van der Waals surface area contributed by atoms with E-state index in [1.54, 1.807) is 0 Å². The highest BCUT2D eigenvalue weighted by Crippen LogP contribution is 2.12. The summed E-state index contributed by atoms with van der Waals surface area (Å²) in [7, 11) is 0. The summed E-state index contributed by atoms with van der Waals surface area (Å²) >= 11 is 11.2. The van der Waals surface area contributed by atoms with Crippen LogP contribution in [0.1, 0.15) is 23.9 Å². The predicted molar refractivity (Wildman–Crippen MR) is 56.0 cm³/mol. The molecule has 1 aromatic rings. The molecule has 0 aliphatic carbocycles. The van der Waals surface area contributed by atoms with Crippen LogP contribution in [0.5, 0.6) is 0 Å². The lowest BCUT2D eigenvalue weighted by molar-refractivity contribution is 0.0925. The lowest BCUT2D eigenvalue weighted by atomic mass is 10.3. The monoisotopic (exact) mass is 235 g/mol. The first kappa shape index (κ1) is 11.4. The molecule has 0 saturated heterocycles. The third kappa shape index (κ3) is 3.60. The smallest absolute Gasteiger partial charge is 0.287 e. The maximum atomic E-state index is 11.3. The zero-order chi connectivity index (χ0) is 10.6. The van der Waals surface area contributed by atoms with Crippen LogP contribution in [0.15, 0.2) is 16.5 Å². The highest BCUT2D eigenvalue weighted by molar-refractivity contribution is 6.29. The van der Waals surface area contributed by atoms with Crippen molar-refractivity contribution in [2.45, 2.75) is 18.7 Å². The van der Waals surface area contributed by atoms with Crippen LogP contribution in [0.3, 0.4) is 0 Å². The van der Waals surface area contributed by atoms with E-state index in [0.717, 1.165) is 6.42 Å². The van der Waals surface area contributed by atoms with Gasteiger partial charge in [-0.15, -0.1) is 11.6 Å². The summed E-state index contributed by atoms with van der Waals surface area (Å²) in [6.45, 7) is 2.40. The minimum Gasteiger partial charge on any atom is -0.440 e. The Morgan fingerprint density at radius 3 is 2.86 bits per heavy atom. The highest BCUT2D eigenvalue weighted by Gasteiger charge is 2.09. The summed E-state index contributed by atoms with van der Waals surface area (Å²) < 4.78 is 4.92. The number of rotatable bonds is 4. The van der Waals surface area contributed by atoms with Gasteiger partial charge >= 0.3 is 0 Å². The van der Waals surface area contributed by atoms with Gasteiger partial charge in [0.1, 0.15) is 0 Å². The fraction of sp³-hybridized carbons (Fsp3) is 0.444. The van der Waals surface area contributed by atoms with Crippen molar-refractivity contribution in [2.24, 2.45) is 0 Å². The number of alkyl halides is 1. The van der Waals surface area contributed by atoms with Crippen LogP contribution in [0, 0.1) is 0 Å². The van der Waals surface area contributed by atoms with Crippen molar-refractivity contribution in [1.82, 2.24) is 5.32 Å². The Bertz CT molecular complexity index is 310. The number of furan rings is 1. The molecule has 1 atom stereocenters. The van der Waals surface area contributed by atoms with Crippen LogP contribution in [0.25, 0.3) is 0 Å². The standard InChI is InChI=1S/C9H11Cl2NO2/c1-6(10)4-5-12-9(13)7-2-3-8(11)14-7/h2-3,6H,4-5H2,1H3,(H,12,13). The molecule has 0 fully saturated rings. The molecule has 0 bridgehead atoms. The Labute approximate surface area is 92.4 Å². The minimum absolute atomic E-state index is 0.0514. The van der Waals surface area contributed by atoms with Gasteiger partial charge in [-0.1, -0.05) is 0 Å². The highest BCUT2D eigenvalue weighted by atomic mass is 35.5. The van der Waals surface area contributed by atoms with Gasteiger partial charge in [0, 0.05) is 11.9 Å². The predicted octanol–water partition coefficient (Wildman–Crippen LogP) is 2.68. The van der Waals surface area contributed by atoms with Crippen LogP contribution in [-0.4, -0.2) is 17.8 Å². The first-order chi connectivity index (χ1) is 6.59.